The average molecular weight is 543 g/mol. The van der Waals surface area contributed by atoms with Gasteiger partial charge in [-0.2, -0.15) is 9.61 Å². The van der Waals surface area contributed by atoms with Gasteiger partial charge < -0.3 is 5.32 Å². The Balaban J connectivity index is 1.31. The van der Waals surface area contributed by atoms with E-state index in [1.807, 2.05) is 34.8 Å². The lowest BCUT2D eigenvalue weighted by atomic mass is 10.0. The number of nitrogens with zero attached hydrogens (tertiary/aromatic N) is 4. The van der Waals surface area contributed by atoms with Gasteiger partial charge in [0.2, 0.25) is 0 Å². The highest BCUT2D eigenvalue weighted by molar-refractivity contribution is 9.10. The van der Waals surface area contributed by atoms with E-state index < -0.39 is 0 Å². The largest absolute Gasteiger partial charge is 0.367 e. The van der Waals surface area contributed by atoms with Gasteiger partial charge in [0.05, 0.1) is 16.4 Å². The van der Waals surface area contributed by atoms with Gasteiger partial charge in [0.15, 0.2) is 5.65 Å². The maximum absolute atomic E-state index is 6.47. The van der Waals surface area contributed by atoms with Crippen LogP contribution >= 0.6 is 39.3 Å². The number of fused-ring (bicyclic) bond motifs is 1. The Morgan fingerprint density at radius 2 is 1.88 bits per heavy atom. The zero-order chi connectivity index (χ0) is 22.8. The predicted octanol–water partition coefficient (Wildman–Crippen LogP) is 6.61. The first kappa shape index (κ1) is 22.7. The Morgan fingerprint density at radius 3 is 2.61 bits per heavy atom. The molecule has 8 heteroatoms. The molecule has 0 unspecified atom stereocenters. The maximum atomic E-state index is 6.47. The molecule has 0 spiro atoms. The van der Waals surface area contributed by atoms with Crippen LogP contribution in [0.1, 0.15) is 18.4 Å². The van der Waals surface area contributed by atoms with Crippen LogP contribution in [-0.4, -0.2) is 44.9 Å². The van der Waals surface area contributed by atoms with Gasteiger partial charge in [-0.15, -0.1) is 11.8 Å². The minimum Gasteiger partial charge on any atom is -0.367 e. The summed E-state index contributed by atoms with van der Waals surface area (Å²) in [5.74, 6) is 0.937. The summed E-state index contributed by atoms with van der Waals surface area (Å²) < 4.78 is 2.73. The van der Waals surface area contributed by atoms with Crippen LogP contribution < -0.4 is 5.32 Å². The number of benzene rings is 2. The first-order chi connectivity index (χ1) is 16.1. The molecule has 1 aliphatic rings. The van der Waals surface area contributed by atoms with E-state index in [0.717, 1.165) is 59.7 Å². The fraction of sp³-hybridized carbons (Fsp3) is 0.280. The first-order valence-electron chi connectivity index (χ1n) is 11.0. The number of likely N-dealkylation sites (tertiary alicyclic amines) is 1. The standard InChI is InChI=1S/C25H25BrClN5S/c1-33-19-8-6-17(7-9-19)16-31-12-10-18(11-13-31)29-24-14-23(20-4-2-3-5-22(20)27)30-25-21(26)15-28-32(24)25/h2-9,14-15,18,29H,10-13,16H2,1H3. The van der Waals surface area contributed by atoms with Gasteiger partial charge >= 0.3 is 0 Å². The Morgan fingerprint density at radius 1 is 1.12 bits per heavy atom. The third kappa shape index (κ3) is 5.06. The van der Waals surface area contributed by atoms with Crippen molar-refractivity contribution in [3.8, 4) is 11.3 Å². The van der Waals surface area contributed by atoms with Crippen molar-refractivity contribution in [2.24, 2.45) is 0 Å². The number of piperidine rings is 1. The summed E-state index contributed by atoms with van der Waals surface area (Å²) in [7, 11) is 0. The van der Waals surface area contributed by atoms with Gasteiger partial charge in [0.25, 0.3) is 0 Å². The summed E-state index contributed by atoms with van der Waals surface area (Å²) in [5.41, 5.74) is 3.91. The van der Waals surface area contributed by atoms with Crippen molar-refractivity contribution in [2.45, 2.75) is 30.3 Å². The molecule has 0 atom stereocenters. The van der Waals surface area contributed by atoms with Gasteiger partial charge in [-0.25, -0.2) is 4.98 Å². The minimum atomic E-state index is 0.382. The molecular weight excluding hydrogens is 518 g/mol. The van der Waals surface area contributed by atoms with Crippen molar-refractivity contribution in [1.29, 1.82) is 0 Å². The van der Waals surface area contributed by atoms with Crippen molar-refractivity contribution in [3.05, 3.63) is 75.9 Å². The highest BCUT2D eigenvalue weighted by Crippen LogP contribution is 2.31. The number of rotatable bonds is 6. The number of halogens is 2. The number of hydrogen-bond donors (Lipinski definition) is 1. The van der Waals surface area contributed by atoms with E-state index in [0.29, 0.717) is 11.1 Å². The van der Waals surface area contributed by atoms with Gasteiger partial charge in [0, 0.05) is 47.2 Å². The van der Waals surface area contributed by atoms with E-state index in [-0.39, 0.29) is 0 Å². The van der Waals surface area contributed by atoms with Gasteiger partial charge in [0.1, 0.15) is 5.82 Å². The van der Waals surface area contributed by atoms with Gasteiger partial charge in [-0.1, -0.05) is 41.9 Å². The number of aromatic nitrogens is 3. The van der Waals surface area contributed by atoms with E-state index in [4.69, 9.17) is 16.6 Å². The number of anilines is 1. The second kappa shape index (κ2) is 10.1. The molecule has 1 fully saturated rings. The summed E-state index contributed by atoms with van der Waals surface area (Å²) in [6.07, 6.45) is 6.06. The molecule has 1 N–H and O–H groups in total. The van der Waals surface area contributed by atoms with Crippen LogP contribution in [0.3, 0.4) is 0 Å². The molecule has 3 heterocycles. The summed E-state index contributed by atoms with van der Waals surface area (Å²) >= 11 is 11.8. The predicted molar refractivity (Wildman–Crippen MR) is 141 cm³/mol. The van der Waals surface area contributed by atoms with Crippen molar-refractivity contribution in [2.75, 3.05) is 24.7 Å². The van der Waals surface area contributed by atoms with Gasteiger partial charge in [-0.3, -0.25) is 4.90 Å². The van der Waals surface area contributed by atoms with E-state index in [9.17, 15) is 0 Å². The Labute approximate surface area is 211 Å². The molecular formula is C25H25BrClN5S. The van der Waals surface area contributed by atoms with Crippen LogP contribution in [0, 0.1) is 0 Å². The molecule has 5 rings (SSSR count). The molecule has 1 aliphatic heterocycles. The Hall–Kier alpha value is -2.06. The molecule has 0 amide bonds. The third-order valence-electron chi connectivity index (χ3n) is 6.08. The summed E-state index contributed by atoms with van der Waals surface area (Å²) in [6.45, 7) is 3.14. The topological polar surface area (TPSA) is 45.5 Å². The summed E-state index contributed by atoms with van der Waals surface area (Å²) in [6, 6.07) is 19.2. The normalized spacial score (nSPS) is 15.2. The second-order valence-electron chi connectivity index (χ2n) is 8.28. The molecule has 1 saturated heterocycles. The van der Waals surface area contributed by atoms with Crippen LogP contribution in [0.25, 0.3) is 16.9 Å². The Kier molecular flexibility index (Phi) is 6.92. The highest BCUT2D eigenvalue weighted by atomic mass is 79.9. The van der Waals surface area contributed by atoms with Crippen LogP contribution in [0.2, 0.25) is 5.02 Å². The quantitative estimate of drug-likeness (QED) is 0.278. The third-order valence-corrected chi connectivity index (χ3v) is 7.72. The molecule has 0 bridgehead atoms. The Bertz CT molecular complexity index is 1250. The lowest BCUT2D eigenvalue weighted by molar-refractivity contribution is 0.211. The maximum Gasteiger partial charge on any atom is 0.172 e. The van der Waals surface area contributed by atoms with E-state index in [2.05, 4.69) is 61.8 Å². The van der Waals surface area contributed by atoms with Crippen molar-refractivity contribution in [1.82, 2.24) is 19.5 Å². The van der Waals surface area contributed by atoms with Crippen LogP contribution in [0.4, 0.5) is 5.82 Å². The number of thioether (sulfide) groups is 1. The smallest absolute Gasteiger partial charge is 0.172 e. The molecule has 0 saturated carbocycles. The molecule has 5 nitrogen and oxygen atoms in total. The van der Waals surface area contributed by atoms with Crippen molar-refractivity contribution >= 4 is 50.8 Å². The van der Waals surface area contributed by atoms with Crippen LogP contribution in [0.15, 0.2) is 70.2 Å². The number of hydrogen-bond acceptors (Lipinski definition) is 5. The van der Waals surface area contributed by atoms with Crippen molar-refractivity contribution in [3.63, 3.8) is 0 Å². The van der Waals surface area contributed by atoms with Crippen LogP contribution in [-0.2, 0) is 6.54 Å². The lowest BCUT2D eigenvalue weighted by Gasteiger charge is -2.33. The molecule has 33 heavy (non-hydrogen) atoms. The number of nitrogens with one attached hydrogen (secondary N) is 1. The van der Waals surface area contributed by atoms with Crippen molar-refractivity contribution < 1.29 is 0 Å². The van der Waals surface area contributed by atoms with E-state index >= 15 is 0 Å². The fourth-order valence-corrected chi connectivity index (χ4v) is 5.27. The minimum absolute atomic E-state index is 0.382. The summed E-state index contributed by atoms with van der Waals surface area (Å²) in [5, 5.41) is 8.95. The average Bonchev–Trinajstić information content (AvgIpc) is 3.22. The molecule has 4 aromatic rings. The molecule has 2 aromatic carbocycles. The molecule has 2 aromatic heterocycles. The van der Waals surface area contributed by atoms with E-state index in [1.54, 1.807) is 18.0 Å². The zero-order valence-electron chi connectivity index (χ0n) is 18.3. The van der Waals surface area contributed by atoms with E-state index in [1.165, 1.54) is 10.5 Å². The first-order valence-corrected chi connectivity index (χ1v) is 13.4. The monoisotopic (exact) mass is 541 g/mol. The fourth-order valence-electron chi connectivity index (χ4n) is 4.28. The second-order valence-corrected chi connectivity index (χ2v) is 10.4. The van der Waals surface area contributed by atoms with Gasteiger partial charge in [-0.05, 0) is 58.8 Å². The molecule has 0 radical (unpaired) electrons. The SMILES string of the molecule is CSc1ccc(CN2CCC(Nc3cc(-c4ccccc4Cl)nc4c(Br)cnn34)CC2)cc1. The zero-order valence-corrected chi connectivity index (χ0v) is 21.5. The molecule has 170 valence electrons. The molecule has 0 aliphatic carbocycles. The summed E-state index contributed by atoms with van der Waals surface area (Å²) in [4.78, 5) is 8.66. The lowest BCUT2D eigenvalue weighted by Crippen LogP contribution is -2.39. The van der Waals surface area contributed by atoms with Crippen LogP contribution in [0.5, 0.6) is 0 Å². The highest BCUT2D eigenvalue weighted by Gasteiger charge is 2.21.